The van der Waals surface area contributed by atoms with Crippen LogP contribution in [0.15, 0.2) is 35.4 Å². The molecular formula is C20H27N3O2S. The molecule has 1 unspecified atom stereocenters. The molecule has 1 aromatic carbocycles. The predicted octanol–water partition coefficient (Wildman–Crippen LogP) is 3.18. The zero-order valence-corrected chi connectivity index (χ0v) is 16.3. The van der Waals surface area contributed by atoms with Crippen LogP contribution in [-0.4, -0.2) is 46.2 Å². The van der Waals surface area contributed by atoms with Gasteiger partial charge in [-0.2, -0.15) is 0 Å². The molecule has 0 aliphatic carbocycles. The van der Waals surface area contributed by atoms with Gasteiger partial charge in [0.25, 0.3) is 0 Å². The molecule has 0 radical (unpaired) electrons. The molecule has 0 saturated carbocycles. The lowest BCUT2D eigenvalue weighted by Crippen LogP contribution is -2.46. The van der Waals surface area contributed by atoms with E-state index in [0.29, 0.717) is 12.3 Å². The van der Waals surface area contributed by atoms with E-state index in [0.717, 1.165) is 37.1 Å². The molecule has 2 heterocycles. The predicted molar refractivity (Wildman–Crippen MR) is 106 cm³/mol. The van der Waals surface area contributed by atoms with Crippen LogP contribution in [0.1, 0.15) is 32.6 Å². The van der Waals surface area contributed by atoms with Crippen LogP contribution < -0.4 is 5.32 Å². The summed E-state index contributed by atoms with van der Waals surface area (Å²) >= 11 is 1.62. The summed E-state index contributed by atoms with van der Waals surface area (Å²) in [6.45, 7) is 3.00. The number of nitrogens with one attached hydrogen (secondary N) is 1. The summed E-state index contributed by atoms with van der Waals surface area (Å²) in [6.07, 6.45) is 6.20. The number of likely N-dealkylation sites (tertiary alicyclic amines) is 1. The van der Waals surface area contributed by atoms with Crippen LogP contribution in [0.5, 0.6) is 0 Å². The summed E-state index contributed by atoms with van der Waals surface area (Å²) in [7, 11) is 2.04. The van der Waals surface area contributed by atoms with E-state index >= 15 is 0 Å². The maximum atomic E-state index is 12.8. The van der Waals surface area contributed by atoms with Gasteiger partial charge in [-0.25, -0.2) is 0 Å². The van der Waals surface area contributed by atoms with E-state index in [4.69, 9.17) is 0 Å². The Morgan fingerprint density at radius 3 is 2.88 bits per heavy atom. The van der Waals surface area contributed by atoms with Crippen molar-refractivity contribution in [2.24, 2.45) is 7.05 Å². The summed E-state index contributed by atoms with van der Waals surface area (Å²) < 4.78 is 2.11. The Kier molecular flexibility index (Phi) is 6.25. The number of carbonyl (C=O) groups is 2. The van der Waals surface area contributed by atoms with Crippen LogP contribution in [0.3, 0.4) is 0 Å². The Hall–Kier alpha value is -1.95. The molecule has 0 spiro atoms. The zero-order valence-electron chi connectivity index (χ0n) is 15.5. The minimum atomic E-state index is -0.00908. The highest BCUT2D eigenvalue weighted by Gasteiger charge is 2.26. The molecule has 1 saturated heterocycles. The highest BCUT2D eigenvalue weighted by molar-refractivity contribution is 8.00. The highest BCUT2D eigenvalue weighted by Crippen LogP contribution is 2.30. The maximum Gasteiger partial charge on any atom is 0.233 e. The molecule has 1 N–H and O–H groups in total. The van der Waals surface area contributed by atoms with E-state index in [1.54, 1.807) is 11.8 Å². The highest BCUT2D eigenvalue weighted by atomic mass is 32.2. The number of aryl methyl sites for hydroxylation is 1. The first-order valence-corrected chi connectivity index (χ1v) is 10.3. The molecule has 1 aliphatic rings. The standard InChI is InChI=1S/C20H27N3O2S/c1-15(24)21-11-10-16-7-5-6-12-23(16)20(25)14-26-19-13-22(2)18-9-4-3-8-17(18)19/h3-4,8-9,13,16H,5-7,10-12,14H2,1-2H3,(H,21,24). The fourth-order valence-electron chi connectivity index (χ4n) is 3.69. The Morgan fingerprint density at radius 2 is 2.08 bits per heavy atom. The lowest BCUT2D eigenvalue weighted by Gasteiger charge is -2.36. The van der Waals surface area contributed by atoms with Crippen LogP contribution in [0.2, 0.25) is 0 Å². The fourth-order valence-corrected chi connectivity index (χ4v) is 4.69. The number of aromatic nitrogens is 1. The second-order valence-corrected chi connectivity index (χ2v) is 7.94. The molecular weight excluding hydrogens is 346 g/mol. The van der Waals surface area contributed by atoms with Gasteiger partial charge in [0.1, 0.15) is 0 Å². The van der Waals surface area contributed by atoms with Gasteiger partial charge in [0.15, 0.2) is 0 Å². The molecule has 140 valence electrons. The van der Waals surface area contributed by atoms with Crippen molar-refractivity contribution >= 4 is 34.5 Å². The van der Waals surface area contributed by atoms with Crippen molar-refractivity contribution in [3.05, 3.63) is 30.5 Å². The van der Waals surface area contributed by atoms with E-state index in [2.05, 4.69) is 28.2 Å². The third-order valence-electron chi connectivity index (χ3n) is 5.01. The van der Waals surface area contributed by atoms with Crippen molar-refractivity contribution in [2.45, 2.75) is 43.5 Å². The Balaban J connectivity index is 1.61. The van der Waals surface area contributed by atoms with Gasteiger partial charge in [-0.3, -0.25) is 9.59 Å². The number of carbonyl (C=O) groups excluding carboxylic acids is 2. The van der Waals surface area contributed by atoms with Crippen LogP contribution >= 0.6 is 11.8 Å². The van der Waals surface area contributed by atoms with Crippen LogP contribution in [0, 0.1) is 0 Å². The molecule has 6 heteroatoms. The van der Waals surface area contributed by atoms with Gasteiger partial charge in [-0.15, -0.1) is 11.8 Å². The van der Waals surface area contributed by atoms with E-state index in [9.17, 15) is 9.59 Å². The zero-order chi connectivity index (χ0) is 18.5. The third-order valence-corrected chi connectivity index (χ3v) is 6.04. The third kappa shape index (κ3) is 4.41. The van der Waals surface area contributed by atoms with Gasteiger partial charge in [-0.05, 0) is 31.7 Å². The molecule has 1 aromatic heterocycles. The molecule has 1 fully saturated rings. The van der Waals surface area contributed by atoms with Gasteiger partial charge >= 0.3 is 0 Å². The number of piperidine rings is 1. The van der Waals surface area contributed by atoms with Gasteiger partial charge in [0.2, 0.25) is 11.8 Å². The number of rotatable bonds is 6. The van der Waals surface area contributed by atoms with Crippen molar-refractivity contribution in [3.8, 4) is 0 Å². The lowest BCUT2D eigenvalue weighted by atomic mass is 9.99. The number of amides is 2. The first-order chi connectivity index (χ1) is 12.6. The molecule has 3 rings (SSSR count). The van der Waals surface area contributed by atoms with Crippen LogP contribution in [-0.2, 0) is 16.6 Å². The fraction of sp³-hybridized carbons (Fsp3) is 0.500. The quantitative estimate of drug-likeness (QED) is 0.791. The first kappa shape index (κ1) is 18.8. The second-order valence-electron chi connectivity index (χ2n) is 6.92. The summed E-state index contributed by atoms with van der Waals surface area (Å²) in [5.41, 5.74) is 1.19. The average molecular weight is 374 g/mol. The van der Waals surface area contributed by atoms with Crippen LogP contribution in [0.4, 0.5) is 0 Å². The molecule has 2 aromatic rings. The van der Waals surface area contributed by atoms with Gasteiger partial charge in [-0.1, -0.05) is 18.2 Å². The smallest absolute Gasteiger partial charge is 0.233 e. The Labute approximate surface area is 159 Å². The number of nitrogens with zero attached hydrogens (tertiary/aromatic N) is 2. The van der Waals surface area contributed by atoms with Crippen molar-refractivity contribution in [2.75, 3.05) is 18.8 Å². The molecule has 1 atom stereocenters. The van der Waals surface area contributed by atoms with Gasteiger partial charge < -0.3 is 14.8 Å². The van der Waals surface area contributed by atoms with Crippen molar-refractivity contribution in [1.82, 2.24) is 14.8 Å². The Morgan fingerprint density at radius 1 is 1.27 bits per heavy atom. The molecule has 5 nitrogen and oxygen atoms in total. The summed E-state index contributed by atoms with van der Waals surface area (Å²) in [5, 5.41) is 4.05. The SMILES string of the molecule is CC(=O)NCCC1CCCCN1C(=O)CSc1cn(C)c2ccccc12. The molecule has 26 heavy (non-hydrogen) atoms. The Bertz CT molecular complexity index is 786. The average Bonchev–Trinajstić information content (AvgIpc) is 2.96. The largest absolute Gasteiger partial charge is 0.356 e. The number of benzene rings is 1. The lowest BCUT2D eigenvalue weighted by molar-refractivity contribution is -0.132. The molecule has 2 amide bonds. The second kappa shape index (κ2) is 8.62. The van der Waals surface area contributed by atoms with Gasteiger partial charge in [0, 0.05) is 55.1 Å². The van der Waals surface area contributed by atoms with Crippen molar-refractivity contribution in [1.29, 1.82) is 0 Å². The normalized spacial score (nSPS) is 17.5. The topological polar surface area (TPSA) is 54.3 Å². The van der Waals surface area contributed by atoms with E-state index in [1.807, 2.05) is 24.1 Å². The summed E-state index contributed by atoms with van der Waals surface area (Å²) in [4.78, 5) is 27.1. The number of hydrogen-bond acceptors (Lipinski definition) is 3. The van der Waals surface area contributed by atoms with Crippen LogP contribution in [0.25, 0.3) is 10.9 Å². The number of para-hydroxylation sites is 1. The van der Waals surface area contributed by atoms with E-state index < -0.39 is 0 Å². The number of hydrogen-bond donors (Lipinski definition) is 1. The molecule has 0 bridgehead atoms. The summed E-state index contributed by atoms with van der Waals surface area (Å²) in [5.74, 6) is 0.658. The molecule has 1 aliphatic heterocycles. The maximum absolute atomic E-state index is 12.8. The first-order valence-electron chi connectivity index (χ1n) is 9.27. The van der Waals surface area contributed by atoms with Gasteiger partial charge in [0.05, 0.1) is 5.75 Å². The minimum Gasteiger partial charge on any atom is -0.356 e. The summed E-state index contributed by atoms with van der Waals surface area (Å²) in [6, 6.07) is 8.53. The number of thioether (sulfide) groups is 1. The van der Waals surface area contributed by atoms with E-state index in [1.165, 1.54) is 17.8 Å². The monoisotopic (exact) mass is 373 g/mol. The van der Waals surface area contributed by atoms with Crippen molar-refractivity contribution < 1.29 is 9.59 Å². The minimum absolute atomic E-state index is 0.00908. The van der Waals surface area contributed by atoms with E-state index in [-0.39, 0.29) is 17.9 Å². The number of fused-ring (bicyclic) bond motifs is 1. The van der Waals surface area contributed by atoms with Crippen molar-refractivity contribution in [3.63, 3.8) is 0 Å².